The number of amides is 2. The third-order valence-electron chi connectivity index (χ3n) is 8.64. The van der Waals surface area contributed by atoms with Crippen molar-refractivity contribution in [2.24, 2.45) is 0 Å². The normalized spacial score (nSPS) is 17.9. The molecule has 240 valence electrons. The van der Waals surface area contributed by atoms with E-state index in [1.165, 1.54) is 11.8 Å². The third kappa shape index (κ3) is 5.98. The highest BCUT2D eigenvalue weighted by Crippen LogP contribution is 2.38. The van der Waals surface area contributed by atoms with Gasteiger partial charge in [0.1, 0.15) is 5.72 Å². The average Bonchev–Trinajstić information content (AvgIpc) is 3.50. The largest absolute Gasteiger partial charge is 0.378 e. The van der Waals surface area contributed by atoms with Gasteiger partial charge in [-0.25, -0.2) is 19.9 Å². The summed E-state index contributed by atoms with van der Waals surface area (Å²) in [6.45, 7) is 5.92. The molecule has 2 amide bonds. The summed E-state index contributed by atoms with van der Waals surface area (Å²) in [4.78, 5) is 47.0. The monoisotopic (exact) mass is 633 g/mol. The van der Waals surface area contributed by atoms with Gasteiger partial charge < -0.3 is 30.2 Å². The topological polar surface area (TPSA) is 164 Å². The van der Waals surface area contributed by atoms with Crippen LogP contribution in [0.3, 0.4) is 0 Å². The Kier molecular flexibility index (Phi) is 7.78. The lowest BCUT2D eigenvalue weighted by atomic mass is 9.91. The fraction of sp³-hybridized carbons (Fsp3) is 0.294. The molecule has 4 N–H and O–H groups in total. The molecule has 0 radical (unpaired) electrons. The van der Waals surface area contributed by atoms with Crippen LogP contribution in [-0.2, 0) is 22.5 Å². The van der Waals surface area contributed by atoms with Crippen molar-refractivity contribution in [2.75, 3.05) is 41.8 Å². The Morgan fingerprint density at radius 3 is 2.45 bits per heavy atom. The van der Waals surface area contributed by atoms with Crippen molar-refractivity contribution in [1.82, 2.24) is 29.7 Å². The van der Waals surface area contributed by atoms with Gasteiger partial charge in [-0.3, -0.25) is 14.5 Å². The van der Waals surface area contributed by atoms with Crippen LogP contribution in [0.2, 0.25) is 0 Å². The van der Waals surface area contributed by atoms with Gasteiger partial charge in [0.05, 0.1) is 31.1 Å². The first-order valence-electron chi connectivity index (χ1n) is 15.5. The molecular formula is C34H35N9O4. The molecule has 5 heterocycles. The van der Waals surface area contributed by atoms with Crippen molar-refractivity contribution >= 4 is 34.9 Å². The van der Waals surface area contributed by atoms with Gasteiger partial charge in [-0.05, 0) is 60.7 Å². The van der Waals surface area contributed by atoms with Crippen LogP contribution in [0.25, 0.3) is 28.0 Å². The van der Waals surface area contributed by atoms with E-state index in [9.17, 15) is 14.7 Å². The summed E-state index contributed by atoms with van der Waals surface area (Å²) >= 11 is 0. The van der Waals surface area contributed by atoms with Crippen LogP contribution >= 0.6 is 0 Å². The maximum absolute atomic E-state index is 13.1. The number of imidazole rings is 1. The second-order valence-electron chi connectivity index (χ2n) is 12.0. The van der Waals surface area contributed by atoms with Crippen molar-refractivity contribution in [2.45, 2.75) is 39.0 Å². The van der Waals surface area contributed by atoms with Gasteiger partial charge in [0.2, 0.25) is 11.9 Å². The zero-order valence-corrected chi connectivity index (χ0v) is 26.2. The van der Waals surface area contributed by atoms with Crippen LogP contribution in [0, 0.1) is 0 Å². The zero-order chi connectivity index (χ0) is 32.7. The lowest BCUT2D eigenvalue weighted by Gasteiger charge is -2.41. The molecule has 1 atom stereocenters. The van der Waals surface area contributed by atoms with Gasteiger partial charge in [0.15, 0.2) is 11.5 Å². The maximum atomic E-state index is 13.1. The molecule has 2 aliphatic heterocycles. The molecule has 0 aliphatic carbocycles. The number of nitrogens with zero attached hydrogens (tertiary/aromatic N) is 7. The molecular weight excluding hydrogens is 598 g/mol. The van der Waals surface area contributed by atoms with Crippen LogP contribution in [0.1, 0.15) is 41.9 Å². The number of fused-ring (bicyclic) bond motifs is 2. The van der Waals surface area contributed by atoms with Gasteiger partial charge in [0, 0.05) is 61.6 Å². The molecule has 1 fully saturated rings. The van der Waals surface area contributed by atoms with E-state index in [-0.39, 0.29) is 24.3 Å². The minimum absolute atomic E-state index is 0.190. The molecule has 47 heavy (non-hydrogen) atoms. The highest BCUT2D eigenvalue weighted by molar-refractivity contribution is 5.95. The third-order valence-corrected chi connectivity index (χ3v) is 8.64. The second-order valence-corrected chi connectivity index (χ2v) is 12.0. The summed E-state index contributed by atoms with van der Waals surface area (Å²) in [6, 6.07) is 13.3. The molecule has 1 unspecified atom stereocenters. The molecule has 7 rings (SSSR count). The number of aryl methyl sites for hydroxylation is 1. The first-order chi connectivity index (χ1) is 22.7. The minimum atomic E-state index is -1.21. The number of aliphatic hydroxyl groups is 1. The molecule has 3 aromatic heterocycles. The molecule has 13 heteroatoms. The fourth-order valence-corrected chi connectivity index (χ4v) is 6.24. The number of benzene rings is 2. The first-order valence-corrected chi connectivity index (χ1v) is 15.5. The number of hydrogen-bond donors (Lipinski definition) is 3. The standard InChI is InChI=1S/C34H35N9O4/c1-21(44)43-29-8-7-24(15-25(29)9-10-34(43,2)46)22-3-5-23(6-4-22)32(45)36-18-27-19-42-20-28(26-16-37-33(35)38-17-26)40-31(30(42)39-27)41-11-13-47-14-12-41/h3-8,15-17,19-20,46H,9-14,18H2,1-2H3,(H,36,45)(H2,35,37,38). The van der Waals surface area contributed by atoms with Gasteiger partial charge in [-0.2, -0.15) is 0 Å². The summed E-state index contributed by atoms with van der Waals surface area (Å²) in [5.41, 5.74) is 11.4. The van der Waals surface area contributed by atoms with Crippen LogP contribution in [0.15, 0.2) is 67.3 Å². The van der Waals surface area contributed by atoms with Crippen molar-refractivity contribution in [3.05, 3.63) is 84.1 Å². The SMILES string of the molecule is CC(=O)N1c2ccc(-c3ccc(C(=O)NCc4cn5cc(-c6cnc(N)nc6)nc(N6CCOCC6)c5n4)cc3)cc2CCC1(C)O. The molecule has 0 saturated carbocycles. The van der Waals surface area contributed by atoms with E-state index in [1.54, 1.807) is 31.5 Å². The predicted molar refractivity (Wildman–Crippen MR) is 177 cm³/mol. The average molecular weight is 634 g/mol. The summed E-state index contributed by atoms with van der Waals surface area (Å²) in [5.74, 6) is 0.493. The highest BCUT2D eigenvalue weighted by Gasteiger charge is 2.37. The van der Waals surface area contributed by atoms with Crippen LogP contribution in [-0.4, -0.2) is 73.3 Å². The number of carbonyl (C=O) groups excluding carboxylic acids is 2. The van der Waals surface area contributed by atoms with Gasteiger partial charge in [-0.1, -0.05) is 18.2 Å². The Morgan fingerprint density at radius 2 is 1.72 bits per heavy atom. The van der Waals surface area contributed by atoms with E-state index in [2.05, 4.69) is 20.2 Å². The molecule has 2 aliphatic rings. The number of nitrogens with one attached hydrogen (secondary N) is 1. The number of nitrogens with two attached hydrogens (primary N) is 1. The Hall–Kier alpha value is -5.40. The molecule has 5 aromatic rings. The fourth-order valence-electron chi connectivity index (χ4n) is 6.24. The maximum Gasteiger partial charge on any atom is 0.251 e. The molecule has 1 saturated heterocycles. The van der Waals surface area contributed by atoms with Crippen LogP contribution in [0.4, 0.5) is 17.5 Å². The number of morpholine rings is 1. The van der Waals surface area contributed by atoms with E-state index in [1.807, 2.05) is 47.1 Å². The highest BCUT2D eigenvalue weighted by atomic mass is 16.5. The summed E-state index contributed by atoms with van der Waals surface area (Å²) < 4.78 is 7.46. The van der Waals surface area contributed by atoms with E-state index >= 15 is 0 Å². The molecule has 13 nitrogen and oxygen atoms in total. The predicted octanol–water partition coefficient (Wildman–Crippen LogP) is 3.21. The van der Waals surface area contributed by atoms with Crippen LogP contribution in [0.5, 0.6) is 0 Å². The van der Waals surface area contributed by atoms with Gasteiger partial charge in [0.25, 0.3) is 5.91 Å². The minimum Gasteiger partial charge on any atom is -0.378 e. The summed E-state index contributed by atoms with van der Waals surface area (Å²) in [7, 11) is 0. The Bertz CT molecular complexity index is 1970. The Morgan fingerprint density at radius 1 is 1.00 bits per heavy atom. The number of aromatic nitrogens is 5. The molecule has 0 bridgehead atoms. The van der Waals surface area contributed by atoms with Gasteiger partial charge >= 0.3 is 0 Å². The number of nitrogen functional groups attached to an aromatic ring is 1. The Labute approximate surface area is 271 Å². The van der Waals surface area contributed by atoms with Crippen molar-refractivity contribution in [1.29, 1.82) is 0 Å². The molecule has 0 spiro atoms. The number of ether oxygens (including phenoxy) is 1. The number of hydrogen-bond acceptors (Lipinski definition) is 10. The number of carbonyl (C=O) groups is 2. The number of anilines is 3. The lowest BCUT2D eigenvalue weighted by Crippen LogP contribution is -2.52. The van der Waals surface area contributed by atoms with Crippen molar-refractivity contribution in [3.63, 3.8) is 0 Å². The number of rotatable bonds is 6. The van der Waals surface area contributed by atoms with Crippen molar-refractivity contribution in [3.8, 4) is 22.4 Å². The van der Waals surface area contributed by atoms with E-state index in [0.29, 0.717) is 61.7 Å². The van der Waals surface area contributed by atoms with E-state index < -0.39 is 5.72 Å². The first kappa shape index (κ1) is 30.3. The van der Waals surface area contributed by atoms with E-state index in [4.69, 9.17) is 20.4 Å². The summed E-state index contributed by atoms with van der Waals surface area (Å²) in [5, 5.41) is 13.7. The Balaban J connectivity index is 1.08. The zero-order valence-electron chi connectivity index (χ0n) is 26.2. The smallest absolute Gasteiger partial charge is 0.251 e. The lowest BCUT2D eigenvalue weighted by molar-refractivity contribution is -0.121. The van der Waals surface area contributed by atoms with Gasteiger partial charge in [-0.15, -0.1) is 0 Å². The van der Waals surface area contributed by atoms with Crippen molar-refractivity contribution < 1.29 is 19.4 Å². The second kappa shape index (κ2) is 12.1. The van der Waals surface area contributed by atoms with Crippen LogP contribution < -0.4 is 20.9 Å². The van der Waals surface area contributed by atoms with E-state index in [0.717, 1.165) is 33.8 Å². The summed E-state index contributed by atoms with van der Waals surface area (Å²) in [6.07, 6.45) is 8.15. The molecule has 2 aromatic carbocycles. The quantitative estimate of drug-likeness (QED) is 0.253.